The highest BCUT2D eigenvalue weighted by molar-refractivity contribution is 6.28. The van der Waals surface area contributed by atoms with Crippen molar-refractivity contribution in [2.24, 2.45) is 17.8 Å². The van der Waals surface area contributed by atoms with E-state index in [4.69, 9.17) is 11.6 Å². The molecule has 0 radical (unpaired) electrons. The molecule has 3 atom stereocenters. The van der Waals surface area contributed by atoms with E-state index in [-0.39, 0.29) is 48.2 Å². The first kappa shape index (κ1) is 25.6. The van der Waals surface area contributed by atoms with Gasteiger partial charge in [-0.15, -0.1) is 0 Å². The summed E-state index contributed by atoms with van der Waals surface area (Å²) in [4.78, 5) is 35.8. The van der Waals surface area contributed by atoms with Crippen molar-refractivity contribution < 1.29 is 19.2 Å². The maximum absolute atomic E-state index is 15.3. The Labute approximate surface area is 199 Å². The summed E-state index contributed by atoms with van der Waals surface area (Å²) in [7, 11) is 3.99. The maximum atomic E-state index is 15.3. The van der Waals surface area contributed by atoms with Crippen LogP contribution in [0.3, 0.4) is 0 Å². The first-order valence-corrected chi connectivity index (χ1v) is 11.9. The summed E-state index contributed by atoms with van der Waals surface area (Å²) in [5, 5.41) is 12.7. The molecule has 1 aliphatic heterocycles. The number of hydrogen-bond acceptors (Lipinski definition) is 7. The minimum atomic E-state index is -0.602. The molecule has 2 heterocycles. The van der Waals surface area contributed by atoms with Gasteiger partial charge < -0.3 is 15.1 Å². The molecule has 9 nitrogen and oxygen atoms in total. The van der Waals surface area contributed by atoms with Crippen LogP contribution in [0.15, 0.2) is 0 Å². The quantitative estimate of drug-likeness (QED) is 0.227. The predicted octanol–water partition coefficient (Wildman–Crippen LogP) is 2.32. The number of aromatic nitrogens is 2. The molecule has 1 saturated carbocycles. The lowest BCUT2D eigenvalue weighted by Crippen LogP contribution is -2.38. The largest absolute Gasteiger partial charge is 0.352 e. The summed E-state index contributed by atoms with van der Waals surface area (Å²) in [6, 6.07) is 0.261. The molecule has 1 aromatic heterocycles. The number of rotatable bonds is 10. The number of carbonyl (C=O) groups is 2. The zero-order chi connectivity index (χ0) is 24.1. The highest BCUT2D eigenvalue weighted by atomic mass is 35.5. The Bertz CT molecular complexity index is 839. The molecule has 2 N–H and O–H groups in total. The van der Waals surface area contributed by atoms with E-state index in [1.807, 2.05) is 19.0 Å². The number of hydrogen-bond donors (Lipinski definition) is 2. The van der Waals surface area contributed by atoms with Gasteiger partial charge in [-0.1, -0.05) is 32.6 Å². The Hall–Kier alpha value is -2.04. The average molecular weight is 485 g/mol. The van der Waals surface area contributed by atoms with Crippen LogP contribution in [0.25, 0.3) is 0 Å². The van der Waals surface area contributed by atoms with Gasteiger partial charge in [0.1, 0.15) is 5.69 Å². The van der Waals surface area contributed by atoms with Crippen LogP contribution in [0.1, 0.15) is 44.7 Å². The summed E-state index contributed by atoms with van der Waals surface area (Å²) in [5.74, 6) is -0.716. The van der Waals surface area contributed by atoms with Crippen LogP contribution in [0, 0.1) is 23.6 Å². The van der Waals surface area contributed by atoms with Crippen molar-refractivity contribution in [1.82, 2.24) is 25.2 Å². The molecule has 0 bridgehead atoms. The van der Waals surface area contributed by atoms with Crippen molar-refractivity contribution in [3.05, 3.63) is 16.8 Å². The summed E-state index contributed by atoms with van der Waals surface area (Å²) < 4.78 is 15.3. The molecule has 2 fully saturated rings. The molecule has 1 saturated heterocycles. The van der Waals surface area contributed by atoms with Crippen molar-refractivity contribution in [3.63, 3.8) is 0 Å². The van der Waals surface area contributed by atoms with Gasteiger partial charge in [0.05, 0.1) is 19.0 Å². The number of likely N-dealkylation sites (N-methyl/N-ethyl adjacent to an activating group) is 1. The van der Waals surface area contributed by atoms with E-state index in [0.717, 1.165) is 25.7 Å². The molecule has 2 aliphatic rings. The van der Waals surface area contributed by atoms with Crippen LogP contribution in [0.2, 0.25) is 5.28 Å². The first-order chi connectivity index (χ1) is 15.7. The normalized spacial score (nSPS) is 22.1. The van der Waals surface area contributed by atoms with E-state index in [9.17, 15) is 14.8 Å². The van der Waals surface area contributed by atoms with Crippen molar-refractivity contribution in [3.8, 4) is 0 Å². The lowest BCUT2D eigenvalue weighted by molar-refractivity contribution is -0.155. The Morgan fingerprint density at radius 2 is 2.03 bits per heavy atom. The minimum absolute atomic E-state index is 0.00941. The number of hydroxylamine groups is 2. The molecule has 0 unspecified atom stereocenters. The molecule has 3 rings (SSSR count). The molecule has 33 heavy (non-hydrogen) atoms. The zero-order valence-electron chi connectivity index (χ0n) is 19.5. The number of anilines is 1. The van der Waals surface area contributed by atoms with Gasteiger partial charge in [0.15, 0.2) is 11.6 Å². The van der Waals surface area contributed by atoms with Gasteiger partial charge in [-0.2, -0.15) is 4.98 Å². The smallest absolute Gasteiger partial charge is 0.233 e. The molecule has 0 spiro atoms. The second-order valence-corrected chi connectivity index (χ2v) is 9.86. The summed E-state index contributed by atoms with van der Waals surface area (Å²) >= 11 is 6.10. The Morgan fingerprint density at radius 3 is 2.64 bits per heavy atom. The molecule has 11 heteroatoms. The Morgan fingerprint density at radius 1 is 1.33 bits per heavy atom. The van der Waals surface area contributed by atoms with Gasteiger partial charge in [-0.3, -0.25) is 14.8 Å². The molecule has 0 aromatic carbocycles. The van der Waals surface area contributed by atoms with Crippen molar-refractivity contribution in [2.45, 2.75) is 51.6 Å². The van der Waals surface area contributed by atoms with Gasteiger partial charge in [0, 0.05) is 19.1 Å². The van der Waals surface area contributed by atoms with Crippen LogP contribution in [-0.2, 0) is 16.1 Å². The molecular formula is C22H34ClFN6O3. The maximum Gasteiger partial charge on any atom is 0.233 e. The minimum Gasteiger partial charge on any atom is -0.352 e. The van der Waals surface area contributed by atoms with Crippen LogP contribution in [0.4, 0.5) is 10.2 Å². The van der Waals surface area contributed by atoms with E-state index in [1.165, 1.54) is 0 Å². The summed E-state index contributed by atoms with van der Waals surface area (Å²) in [6.07, 6.45) is 5.13. The summed E-state index contributed by atoms with van der Waals surface area (Å²) in [6.45, 7) is 3.10. The monoisotopic (exact) mass is 484 g/mol. The SMILES string of the molecule is C[C@H]1CN(c2nc(Cl)nc(CNC(=O)[C@H](CC3CCCC3)CN(O)C=O)c2F)C[C@@H]1N(C)C. The molecule has 1 aliphatic carbocycles. The molecule has 184 valence electrons. The van der Waals surface area contributed by atoms with Crippen molar-refractivity contribution >= 4 is 29.7 Å². The average Bonchev–Trinajstić information content (AvgIpc) is 3.42. The predicted molar refractivity (Wildman–Crippen MR) is 122 cm³/mol. The standard InChI is InChI=1S/C22H34ClFN6O3/c1-14-10-29(12-18(14)28(2)3)20-19(24)17(26-22(23)27-20)9-25-21(32)16(11-30(33)13-31)8-15-6-4-5-7-15/h13-16,18,33H,4-12H2,1-3H3,(H,25,32)/t14-,16+,18-/m0/s1. The van der Waals surface area contributed by atoms with E-state index in [2.05, 4.69) is 27.1 Å². The lowest BCUT2D eigenvalue weighted by atomic mass is 9.92. The highest BCUT2D eigenvalue weighted by Crippen LogP contribution is 2.31. The fraction of sp³-hybridized carbons (Fsp3) is 0.727. The van der Waals surface area contributed by atoms with Crippen molar-refractivity contribution in [2.75, 3.05) is 38.6 Å². The van der Waals surface area contributed by atoms with Gasteiger partial charge in [-0.25, -0.2) is 14.4 Å². The van der Waals surface area contributed by atoms with Gasteiger partial charge in [0.25, 0.3) is 0 Å². The highest BCUT2D eigenvalue weighted by Gasteiger charge is 2.34. The lowest BCUT2D eigenvalue weighted by Gasteiger charge is -2.23. The Balaban J connectivity index is 1.70. The second kappa shape index (κ2) is 11.4. The van der Waals surface area contributed by atoms with Crippen LogP contribution in [-0.4, -0.2) is 77.2 Å². The third kappa shape index (κ3) is 6.51. The van der Waals surface area contributed by atoms with Crippen LogP contribution < -0.4 is 10.2 Å². The molecular weight excluding hydrogens is 451 g/mol. The Kier molecular flexibility index (Phi) is 8.83. The molecule has 2 amide bonds. The van der Waals surface area contributed by atoms with Gasteiger partial charge in [0.2, 0.25) is 17.6 Å². The summed E-state index contributed by atoms with van der Waals surface area (Å²) in [5.41, 5.74) is 0.00941. The van der Waals surface area contributed by atoms with E-state index >= 15 is 4.39 Å². The van der Waals surface area contributed by atoms with Crippen molar-refractivity contribution in [1.29, 1.82) is 0 Å². The second-order valence-electron chi connectivity index (χ2n) is 9.52. The van der Waals surface area contributed by atoms with E-state index in [1.54, 1.807) is 0 Å². The molecule has 1 aromatic rings. The fourth-order valence-corrected chi connectivity index (χ4v) is 5.25. The first-order valence-electron chi connectivity index (χ1n) is 11.5. The third-order valence-corrected chi connectivity index (χ3v) is 7.00. The number of amides is 2. The number of nitrogens with one attached hydrogen (secondary N) is 1. The third-order valence-electron chi connectivity index (χ3n) is 6.83. The number of carbonyl (C=O) groups excluding carboxylic acids is 2. The van der Waals surface area contributed by atoms with Gasteiger partial charge >= 0.3 is 0 Å². The van der Waals surface area contributed by atoms with Crippen LogP contribution in [0.5, 0.6) is 0 Å². The fourth-order valence-electron chi connectivity index (χ4n) is 5.07. The number of nitrogens with zero attached hydrogens (tertiary/aromatic N) is 5. The van der Waals surface area contributed by atoms with Crippen LogP contribution >= 0.6 is 11.6 Å². The number of halogens is 2. The van der Waals surface area contributed by atoms with Gasteiger partial charge in [-0.05, 0) is 44.0 Å². The zero-order valence-corrected chi connectivity index (χ0v) is 20.3. The topological polar surface area (TPSA) is 102 Å². The van der Waals surface area contributed by atoms with E-state index < -0.39 is 11.7 Å². The van der Waals surface area contributed by atoms with E-state index in [0.29, 0.717) is 36.4 Å².